The first kappa shape index (κ1) is 10.3. The van der Waals surface area contributed by atoms with Crippen molar-refractivity contribution in [2.75, 3.05) is 6.61 Å². The zero-order valence-electron chi connectivity index (χ0n) is 9.64. The minimum absolute atomic E-state index is 0.457. The molecule has 2 fully saturated rings. The zero-order chi connectivity index (χ0) is 10.8. The van der Waals surface area contributed by atoms with Gasteiger partial charge in [0.2, 0.25) is 0 Å². The minimum atomic E-state index is 0.457. The normalized spacial score (nSPS) is 25.9. The van der Waals surface area contributed by atoms with Gasteiger partial charge in [0.1, 0.15) is 12.2 Å². The largest absolute Gasteiger partial charge is 0.378 e. The van der Waals surface area contributed by atoms with Crippen LogP contribution in [-0.2, 0) is 11.2 Å². The highest BCUT2D eigenvalue weighted by atomic mass is 16.5. The third kappa shape index (κ3) is 2.26. The molecule has 1 unspecified atom stereocenters. The summed E-state index contributed by atoms with van der Waals surface area (Å²) in [4.78, 5) is 0. The second-order valence-corrected chi connectivity index (χ2v) is 4.91. The summed E-state index contributed by atoms with van der Waals surface area (Å²) in [5, 5.41) is 8.24. The summed E-state index contributed by atoms with van der Waals surface area (Å²) in [5.74, 6) is 1.15. The summed E-state index contributed by atoms with van der Waals surface area (Å²) in [5.41, 5.74) is 0. The molecule has 0 N–H and O–H groups in total. The number of rotatable bonds is 4. The summed E-state index contributed by atoms with van der Waals surface area (Å²) in [6, 6.07) is 0.692. The molecule has 3 rings (SSSR count). The van der Waals surface area contributed by atoms with Crippen LogP contribution in [-0.4, -0.2) is 27.5 Å². The molecule has 1 saturated heterocycles. The molecule has 16 heavy (non-hydrogen) atoms. The van der Waals surface area contributed by atoms with Gasteiger partial charge in [-0.1, -0.05) is 0 Å². The van der Waals surface area contributed by atoms with Crippen LogP contribution in [0.15, 0.2) is 6.33 Å². The minimum Gasteiger partial charge on any atom is -0.378 e. The second kappa shape index (κ2) is 4.53. The van der Waals surface area contributed by atoms with E-state index in [1.807, 2.05) is 6.33 Å². The van der Waals surface area contributed by atoms with Crippen molar-refractivity contribution >= 4 is 0 Å². The Morgan fingerprint density at radius 1 is 1.31 bits per heavy atom. The fourth-order valence-corrected chi connectivity index (χ4v) is 2.43. The van der Waals surface area contributed by atoms with Gasteiger partial charge in [-0.2, -0.15) is 0 Å². The number of nitrogens with zero attached hydrogens (tertiary/aromatic N) is 3. The molecular weight excluding hydrogens is 202 g/mol. The van der Waals surface area contributed by atoms with E-state index in [0.717, 1.165) is 25.3 Å². The van der Waals surface area contributed by atoms with Gasteiger partial charge in [0.25, 0.3) is 0 Å². The standard InChI is InChI=1S/C12H19N3O/c1-2-8-16-11(3-1)6-7-12-14-13-9-15(12)10-4-5-10/h9-11H,1-8H2. The molecule has 0 aromatic carbocycles. The van der Waals surface area contributed by atoms with Crippen molar-refractivity contribution in [1.29, 1.82) is 0 Å². The van der Waals surface area contributed by atoms with Gasteiger partial charge < -0.3 is 9.30 Å². The van der Waals surface area contributed by atoms with Crippen LogP contribution in [0.3, 0.4) is 0 Å². The molecule has 1 aliphatic carbocycles. The first-order valence-electron chi connectivity index (χ1n) is 6.43. The molecule has 4 nitrogen and oxygen atoms in total. The van der Waals surface area contributed by atoms with Crippen LogP contribution in [0.4, 0.5) is 0 Å². The summed E-state index contributed by atoms with van der Waals surface area (Å²) in [6.45, 7) is 0.944. The third-order valence-corrected chi connectivity index (χ3v) is 3.55. The molecule has 1 atom stereocenters. The maximum Gasteiger partial charge on any atom is 0.133 e. The highest BCUT2D eigenvalue weighted by Crippen LogP contribution is 2.35. The molecule has 88 valence electrons. The number of ether oxygens (including phenoxy) is 1. The van der Waals surface area contributed by atoms with Gasteiger partial charge in [-0.3, -0.25) is 0 Å². The zero-order valence-corrected chi connectivity index (χ0v) is 9.64. The topological polar surface area (TPSA) is 39.9 Å². The van der Waals surface area contributed by atoms with Gasteiger partial charge in [-0.25, -0.2) is 0 Å². The number of aromatic nitrogens is 3. The number of hydrogen-bond donors (Lipinski definition) is 0. The molecule has 2 aliphatic rings. The molecule has 0 radical (unpaired) electrons. The molecule has 1 saturated carbocycles. The van der Waals surface area contributed by atoms with Gasteiger partial charge in [0.05, 0.1) is 6.10 Å². The third-order valence-electron chi connectivity index (χ3n) is 3.55. The molecule has 1 aromatic rings. The van der Waals surface area contributed by atoms with Crippen molar-refractivity contribution in [3.63, 3.8) is 0 Å². The van der Waals surface area contributed by atoms with Crippen molar-refractivity contribution in [2.24, 2.45) is 0 Å². The average molecular weight is 221 g/mol. The molecule has 0 spiro atoms. The van der Waals surface area contributed by atoms with E-state index in [-0.39, 0.29) is 0 Å². The summed E-state index contributed by atoms with van der Waals surface area (Å²) in [6.07, 6.45) is 10.8. The predicted molar refractivity (Wildman–Crippen MR) is 60.2 cm³/mol. The van der Waals surface area contributed by atoms with E-state index in [9.17, 15) is 0 Å². The van der Waals surface area contributed by atoms with E-state index in [0.29, 0.717) is 12.1 Å². The quantitative estimate of drug-likeness (QED) is 0.781. The van der Waals surface area contributed by atoms with Gasteiger partial charge in [-0.05, 0) is 38.5 Å². The molecule has 4 heteroatoms. The SMILES string of the molecule is c1nnc(CCC2CCCCO2)n1C1CC1. The molecular formula is C12H19N3O. The smallest absolute Gasteiger partial charge is 0.133 e. The van der Waals surface area contributed by atoms with Gasteiger partial charge >= 0.3 is 0 Å². The van der Waals surface area contributed by atoms with Crippen LogP contribution in [0, 0.1) is 0 Å². The van der Waals surface area contributed by atoms with Crippen molar-refractivity contribution in [2.45, 2.75) is 57.1 Å². The Kier molecular flexibility index (Phi) is 2.91. The monoisotopic (exact) mass is 221 g/mol. The fraction of sp³-hybridized carbons (Fsp3) is 0.833. The Morgan fingerprint density at radius 3 is 3.00 bits per heavy atom. The van der Waals surface area contributed by atoms with Gasteiger partial charge in [0, 0.05) is 19.1 Å². The molecule has 0 amide bonds. The summed E-state index contributed by atoms with van der Waals surface area (Å²) >= 11 is 0. The molecule has 1 aliphatic heterocycles. The van der Waals surface area contributed by atoms with E-state index in [4.69, 9.17) is 4.74 Å². The molecule has 2 heterocycles. The van der Waals surface area contributed by atoms with E-state index >= 15 is 0 Å². The first-order chi connectivity index (χ1) is 7.93. The number of hydrogen-bond acceptors (Lipinski definition) is 3. The highest BCUT2D eigenvalue weighted by Gasteiger charge is 2.26. The van der Waals surface area contributed by atoms with Crippen LogP contribution < -0.4 is 0 Å². The number of aryl methyl sites for hydroxylation is 1. The van der Waals surface area contributed by atoms with Crippen LogP contribution in [0.25, 0.3) is 0 Å². The van der Waals surface area contributed by atoms with E-state index in [1.165, 1.54) is 32.1 Å². The lowest BCUT2D eigenvalue weighted by Gasteiger charge is -2.22. The summed E-state index contributed by atoms with van der Waals surface area (Å²) in [7, 11) is 0. The van der Waals surface area contributed by atoms with E-state index in [1.54, 1.807) is 0 Å². The predicted octanol–water partition coefficient (Wildman–Crippen LogP) is 2.11. The maximum atomic E-state index is 5.73. The Morgan fingerprint density at radius 2 is 2.25 bits per heavy atom. The van der Waals surface area contributed by atoms with Crippen molar-refractivity contribution < 1.29 is 4.74 Å². The Hall–Kier alpha value is -0.900. The van der Waals surface area contributed by atoms with Crippen LogP contribution in [0.5, 0.6) is 0 Å². The second-order valence-electron chi connectivity index (χ2n) is 4.91. The molecule has 1 aromatic heterocycles. The summed E-state index contributed by atoms with van der Waals surface area (Å²) < 4.78 is 7.99. The fourth-order valence-electron chi connectivity index (χ4n) is 2.43. The Labute approximate surface area is 96.0 Å². The maximum absolute atomic E-state index is 5.73. The lowest BCUT2D eigenvalue weighted by Crippen LogP contribution is -2.20. The van der Waals surface area contributed by atoms with Crippen LogP contribution in [0.1, 0.15) is 50.4 Å². The van der Waals surface area contributed by atoms with E-state index < -0.39 is 0 Å². The van der Waals surface area contributed by atoms with Gasteiger partial charge in [0.15, 0.2) is 0 Å². The Balaban J connectivity index is 1.54. The van der Waals surface area contributed by atoms with Crippen molar-refractivity contribution in [3.8, 4) is 0 Å². The lowest BCUT2D eigenvalue weighted by molar-refractivity contribution is 0.0111. The highest BCUT2D eigenvalue weighted by molar-refractivity contribution is 4.95. The van der Waals surface area contributed by atoms with Crippen molar-refractivity contribution in [3.05, 3.63) is 12.2 Å². The Bertz CT molecular complexity index is 340. The van der Waals surface area contributed by atoms with E-state index in [2.05, 4.69) is 14.8 Å². The van der Waals surface area contributed by atoms with Crippen LogP contribution >= 0.6 is 0 Å². The average Bonchev–Trinajstić information content (AvgIpc) is 3.07. The van der Waals surface area contributed by atoms with Crippen molar-refractivity contribution in [1.82, 2.24) is 14.8 Å². The van der Waals surface area contributed by atoms with Crippen LogP contribution in [0.2, 0.25) is 0 Å². The van der Waals surface area contributed by atoms with Gasteiger partial charge in [-0.15, -0.1) is 10.2 Å². The first-order valence-corrected chi connectivity index (χ1v) is 6.43. The lowest BCUT2D eigenvalue weighted by atomic mass is 10.0. The molecule has 0 bridgehead atoms.